The number of Topliss-reactive ketones (excluding diaryl/α,β-unsaturated/α-hetero) is 1. The molecule has 1 aliphatic heterocycles. The van der Waals surface area contributed by atoms with E-state index in [9.17, 15) is 19.8 Å². The van der Waals surface area contributed by atoms with Crippen molar-refractivity contribution < 1.29 is 24.5 Å². The molecule has 1 aliphatic rings. The predicted molar refractivity (Wildman–Crippen MR) is 156 cm³/mol. The van der Waals surface area contributed by atoms with E-state index in [0.29, 0.717) is 25.8 Å². The second kappa shape index (κ2) is 13.8. The average Bonchev–Trinajstić information content (AvgIpc) is 3.32. The number of esters is 1. The Hall–Kier alpha value is -2.39. The van der Waals surface area contributed by atoms with Crippen LogP contribution in [0.1, 0.15) is 89.3 Å². The van der Waals surface area contributed by atoms with E-state index in [0.717, 1.165) is 40.1 Å². The monoisotopic (exact) mass is 556 g/mol. The molecule has 0 saturated heterocycles. The van der Waals surface area contributed by atoms with E-state index >= 15 is 0 Å². The summed E-state index contributed by atoms with van der Waals surface area (Å²) < 4.78 is 6.95. The van der Waals surface area contributed by atoms with Gasteiger partial charge < -0.3 is 20.7 Å². The van der Waals surface area contributed by atoms with Crippen molar-refractivity contribution in [3.8, 4) is 0 Å². The van der Waals surface area contributed by atoms with Gasteiger partial charge in [-0.3, -0.25) is 9.59 Å². The SMILES string of the molecule is C=CCC[C@H]1C(=O)C(C)(C)[C@@H](O)CC(=O)O[C@H](c2ccc3sc(CN)nc3c2)C/C=C(/C)CCC[C@H](C)[C@@H]1O. The average molecular weight is 557 g/mol. The normalized spacial score (nSPS) is 29.0. The molecule has 7 nitrogen and oxygen atoms in total. The van der Waals surface area contributed by atoms with E-state index in [1.807, 2.05) is 25.1 Å². The molecular formula is C31H44N2O5S. The number of aliphatic hydroxyl groups excluding tert-OH is 2. The first-order valence-corrected chi connectivity index (χ1v) is 14.7. The Morgan fingerprint density at radius 3 is 2.72 bits per heavy atom. The van der Waals surface area contributed by atoms with Crippen molar-refractivity contribution in [1.29, 1.82) is 0 Å². The molecule has 1 aromatic carbocycles. The van der Waals surface area contributed by atoms with Crippen LogP contribution in [-0.4, -0.2) is 39.2 Å². The van der Waals surface area contributed by atoms with Gasteiger partial charge in [-0.25, -0.2) is 4.98 Å². The van der Waals surface area contributed by atoms with Crippen molar-refractivity contribution in [2.45, 2.75) is 97.5 Å². The van der Waals surface area contributed by atoms with Gasteiger partial charge in [0.1, 0.15) is 16.9 Å². The highest BCUT2D eigenvalue weighted by atomic mass is 32.1. The van der Waals surface area contributed by atoms with Gasteiger partial charge in [0.15, 0.2) is 0 Å². The van der Waals surface area contributed by atoms with Crippen molar-refractivity contribution in [1.82, 2.24) is 4.98 Å². The van der Waals surface area contributed by atoms with Crippen LogP contribution in [0.5, 0.6) is 0 Å². The molecule has 214 valence electrons. The molecule has 1 aromatic heterocycles. The van der Waals surface area contributed by atoms with Crippen LogP contribution in [0.4, 0.5) is 0 Å². The second-order valence-corrected chi connectivity index (χ2v) is 12.6. The molecule has 0 unspecified atom stereocenters. The minimum Gasteiger partial charge on any atom is -0.457 e. The Bertz CT molecular complexity index is 1190. The number of aliphatic hydroxyl groups is 2. The quantitative estimate of drug-likeness (QED) is 0.315. The molecule has 0 fully saturated rings. The van der Waals surface area contributed by atoms with Gasteiger partial charge in [-0.2, -0.15) is 0 Å². The summed E-state index contributed by atoms with van der Waals surface area (Å²) in [5.41, 5.74) is 7.33. The Morgan fingerprint density at radius 2 is 2.03 bits per heavy atom. The summed E-state index contributed by atoms with van der Waals surface area (Å²) in [5, 5.41) is 23.1. The van der Waals surface area contributed by atoms with Crippen LogP contribution in [0.2, 0.25) is 0 Å². The Kier molecular flexibility index (Phi) is 11.0. The number of nitrogens with zero attached hydrogens (tertiary/aromatic N) is 1. The fourth-order valence-corrected chi connectivity index (χ4v) is 6.06. The third-order valence-corrected chi connectivity index (χ3v) is 9.09. The summed E-state index contributed by atoms with van der Waals surface area (Å²) in [4.78, 5) is 31.4. The number of benzene rings is 1. The number of hydrogen-bond acceptors (Lipinski definition) is 8. The van der Waals surface area contributed by atoms with Crippen molar-refractivity contribution in [3.63, 3.8) is 0 Å². The molecule has 3 rings (SSSR count). The van der Waals surface area contributed by atoms with E-state index in [2.05, 4.69) is 24.6 Å². The number of rotatable bonds is 5. The van der Waals surface area contributed by atoms with Crippen LogP contribution in [0, 0.1) is 17.3 Å². The molecule has 2 heterocycles. The maximum Gasteiger partial charge on any atom is 0.309 e. The van der Waals surface area contributed by atoms with E-state index < -0.39 is 35.6 Å². The minimum absolute atomic E-state index is 0.0848. The second-order valence-electron chi connectivity index (χ2n) is 11.4. The van der Waals surface area contributed by atoms with Crippen LogP contribution in [0.25, 0.3) is 10.2 Å². The van der Waals surface area contributed by atoms with Crippen molar-refractivity contribution >= 4 is 33.3 Å². The Labute approximate surface area is 236 Å². The van der Waals surface area contributed by atoms with E-state index in [1.54, 1.807) is 31.3 Å². The molecule has 2 aromatic rings. The van der Waals surface area contributed by atoms with Gasteiger partial charge in [-0.15, -0.1) is 17.9 Å². The summed E-state index contributed by atoms with van der Waals surface area (Å²) in [6.07, 6.45) is 4.85. The summed E-state index contributed by atoms with van der Waals surface area (Å²) in [6.45, 7) is 11.4. The molecule has 8 heteroatoms. The largest absolute Gasteiger partial charge is 0.457 e. The number of carbonyl (C=O) groups is 2. The summed E-state index contributed by atoms with van der Waals surface area (Å²) in [7, 11) is 0. The molecule has 5 atom stereocenters. The van der Waals surface area contributed by atoms with Gasteiger partial charge in [0.25, 0.3) is 0 Å². The van der Waals surface area contributed by atoms with E-state index in [-0.39, 0.29) is 18.1 Å². The number of aromatic nitrogens is 1. The van der Waals surface area contributed by atoms with Gasteiger partial charge in [0, 0.05) is 18.9 Å². The number of hydrogen-bond donors (Lipinski definition) is 3. The van der Waals surface area contributed by atoms with Gasteiger partial charge in [0.2, 0.25) is 0 Å². The topological polar surface area (TPSA) is 123 Å². The minimum atomic E-state index is -1.26. The van der Waals surface area contributed by atoms with Crippen LogP contribution in [0.3, 0.4) is 0 Å². The molecule has 0 aliphatic carbocycles. The number of allylic oxidation sites excluding steroid dienone is 2. The van der Waals surface area contributed by atoms with Gasteiger partial charge in [-0.1, -0.05) is 44.6 Å². The highest BCUT2D eigenvalue weighted by Crippen LogP contribution is 2.35. The Balaban J connectivity index is 1.93. The summed E-state index contributed by atoms with van der Waals surface area (Å²) in [5.74, 6) is -1.56. The number of ether oxygens (including phenoxy) is 1. The van der Waals surface area contributed by atoms with Crippen LogP contribution < -0.4 is 5.73 Å². The number of nitrogens with two attached hydrogens (primary N) is 1. The predicted octanol–water partition coefficient (Wildman–Crippen LogP) is 5.79. The molecule has 0 saturated carbocycles. The zero-order valence-corrected chi connectivity index (χ0v) is 24.5. The maximum absolute atomic E-state index is 13.7. The third kappa shape index (κ3) is 7.84. The highest BCUT2D eigenvalue weighted by Gasteiger charge is 2.43. The number of carbonyl (C=O) groups excluding carboxylic acids is 2. The molecule has 39 heavy (non-hydrogen) atoms. The van der Waals surface area contributed by atoms with E-state index in [4.69, 9.17) is 10.5 Å². The van der Waals surface area contributed by atoms with Crippen LogP contribution in [0.15, 0.2) is 42.5 Å². The van der Waals surface area contributed by atoms with Gasteiger partial charge in [-0.05, 0) is 62.6 Å². The summed E-state index contributed by atoms with van der Waals surface area (Å²) in [6, 6.07) is 5.84. The zero-order valence-electron chi connectivity index (χ0n) is 23.7. The lowest BCUT2D eigenvalue weighted by Gasteiger charge is -2.36. The Morgan fingerprint density at radius 1 is 1.28 bits per heavy atom. The number of fused-ring (bicyclic) bond motifs is 1. The van der Waals surface area contributed by atoms with E-state index in [1.165, 1.54) is 5.57 Å². The first-order chi connectivity index (χ1) is 18.5. The molecule has 0 bridgehead atoms. The lowest BCUT2D eigenvalue weighted by Crippen LogP contribution is -2.46. The fraction of sp³-hybridized carbons (Fsp3) is 0.581. The maximum atomic E-state index is 13.7. The summed E-state index contributed by atoms with van der Waals surface area (Å²) >= 11 is 1.54. The lowest BCUT2D eigenvalue weighted by molar-refractivity contribution is -0.156. The number of ketones is 1. The third-order valence-electron chi connectivity index (χ3n) is 8.03. The molecule has 0 radical (unpaired) electrons. The highest BCUT2D eigenvalue weighted by molar-refractivity contribution is 7.18. The van der Waals surface area contributed by atoms with Gasteiger partial charge >= 0.3 is 5.97 Å². The molecular weight excluding hydrogens is 512 g/mol. The van der Waals surface area contributed by atoms with Gasteiger partial charge in [0.05, 0.1) is 34.3 Å². The number of cyclic esters (lactones) is 1. The molecule has 0 amide bonds. The van der Waals surface area contributed by atoms with Crippen molar-refractivity contribution in [3.05, 3.63) is 53.1 Å². The molecule has 4 N–H and O–H groups in total. The number of thiazole rings is 1. The standard InChI is InChI=1S/C31H44N2O5S/c1-6-7-11-22-29(36)20(3)10-8-9-19(2)12-14-24(38-28(35)17-26(34)31(4,5)30(22)37)21-13-15-25-23(16-21)33-27(18-32)39-25/h6,12-13,15-16,20,22,24,26,29,34,36H,1,7-11,14,17-18,32H2,2-5H3/b19-12-/t20-,22+,24-,26-,29-/m0/s1. The van der Waals surface area contributed by atoms with Crippen molar-refractivity contribution in [2.24, 2.45) is 23.0 Å². The fourth-order valence-electron chi connectivity index (χ4n) is 5.23. The zero-order chi connectivity index (χ0) is 28.7. The first-order valence-electron chi connectivity index (χ1n) is 13.9. The first kappa shape index (κ1) is 31.1. The smallest absolute Gasteiger partial charge is 0.309 e. The lowest BCUT2D eigenvalue weighted by atomic mass is 9.71. The molecule has 0 spiro atoms. The van der Waals surface area contributed by atoms with Crippen molar-refractivity contribution in [2.75, 3.05) is 0 Å². The van der Waals surface area contributed by atoms with Crippen LogP contribution >= 0.6 is 11.3 Å². The van der Waals surface area contributed by atoms with Crippen LogP contribution in [-0.2, 0) is 20.9 Å².